The highest BCUT2D eigenvalue weighted by molar-refractivity contribution is 4.95. The maximum atomic E-state index is 4.92. The number of imidazole rings is 1. The molecule has 0 saturated heterocycles. The first-order chi connectivity index (χ1) is 5.36. The van der Waals surface area contributed by atoms with E-state index in [1.807, 2.05) is 17.8 Å². The molecular weight excluding hydrogens is 142 g/mol. The first-order valence-electron chi connectivity index (χ1n) is 3.51. The van der Waals surface area contributed by atoms with Crippen molar-refractivity contribution in [2.75, 3.05) is 14.2 Å². The lowest BCUT2D eigenvalue weighted by atomic mass is 10.5. The SMILES string of the molecule is CNCc1cn(COC)cn1. The fourth-order valence-electron chi connectivity index (χ4n) is 0.898. The van der Waals surface area contributed by atoms with Crippen molar-refractivity contribution in [1.29, 1.82) is 0 Å². The van der Waals surface area contributed by atoms with E-state index in [-0.39, 0.29) is 0 Å². The molecule has 1 N–H and O–H groups in total. The molecule has 1 heterocycles. The maximum absolute atomic E-state index is 4.92. The number of methoxy groups -OCH3 is 1. The van der Waals surface area contributed by atoms with E-state index in [2.05, 4.69) is 10.3 Å². The number of hydrogen-bond acceptors (Lipinski definition) is 3. The number of hydrogen-bond donors (Lipinski definition) is 1. The van der Waals surface area contributed by atoms with Crippen LogP contribution in [0.15, 0.2) is 12.5 Å². The Bertz CT molecular complexity index is 189. The molecule has 1 aromatic heterocycles. The van der Waals surface area contributed by atoms with Crippen molar-refractivity contribution < 1.29 is 4.74 Å². The highest BCUT2D eigenvalue weighted by Gasteiger charge is 1.94. The minimum Gasteiger partial charge on any atom is -0.364 e. The van der Waals surface area contributed by atoms with Gasteiger partial charge in [-0.15, -0.1) is 0 Å². The first kappa shape index (κ1) is 8.23. The summed E-state index contributed by atoms with van der Waals surface area (Å²) in [7, 11) is 3.56. The molecule has 0 unspecified atom stereocenters. The smallest absolute Gasteiger partial charge is 0.123 e. The summed E-state index contributed by atoms with van der Waals surface area (Å²) in [6.45, 7) is 1.37. The van der Waals surface area contributed by atoms with Crippen molar-refractivity contribution in [2.24, 2.45) is 0 Å². The monoisotopic (exact) mass is 155 g/mol. The fourth-order valence-corrected chi connectivity index (χ4v) is 0.898. The average molecular weight is 155 g/mol. The molecule has 62 valence electrons. The molecule has 1 rings (SSSR count). The van der Waals surface area contributed by atoms with Crippen molar-refractivity contribution in [3.05, 3.63) is 18.2 Å². The summed E-state index contributed by atoms with van der Waals surface area (Å²) < 4.78 is 6.82. The Morgan fingerprint density at radius 3 is 3.18 bits per heavy atom. The summed E-state index contributed by atoms with van der Waals surface area (Å²) in [5.41, 5.74) is 1.03. The molecule has 0 radical (unpaired) electrons. The van der Waals surface area contributed by atoms with Gasteiger partial charge in [0.2, 0.25) is 0 Å². The van der Waals surface area contributed by atoms with Gasteiger partial charge < -0.3 is 14.6 Å². The van der Waals surface area contributed by atoms with Crippen LogP contribution in [0.2, 0.25) is 0 Å². The van der Waals surface area contributed by atoms with Gasteiger partial charge in [0.25, 0.3) is 0 Å². The van der Waals surface area contributed by atoms with Gasteiger partial charge in [0.15, 0.2) is 0 Å². The molecule has 0 aromatic carbocycles. The number of nitrogens with one attached hydrogen (secondary N) is 1. The lowest BCUT2D eigenvalue weighted by Gasteiger charge is -1.96. The molecule has 0 fully saturated rings. The van der Waals surface area contributed by atoms with Crippen molar-refractivity contribution >= 4 is 0 Å². The molecule has 0 bridgehead atoms. The Morgan fingerprint density at radius 2 is 2.55 bits per heavy atom. The van der Waals surface area contributed by atoms with E-state index < -0.39 is 0 Å². The van der Waals surface area contributed by atoms with Gasteiger partial charge in [-0.2, -0.15) is 0 Å². The zero-order valence-corrected chi connectivity index (χ0v) is 6.87. The summed E-state index contributed by atoms with van der Waals surface area (Å²) in [5, 5.41) is 3.02. The van der Waals surface area contributed by atoms with Gasteiger partial charge in [0, 0.05) is 19.9 Å². The number of ether oxygens (including phenoxy) is 1. The molecule has 11 heavy (non-hydrogen) atoms. The van der Waals surface area contributed by atoms with Crippen LogP contribution in [-0.2, 0) is 18.0 Å². The zero-order valence-electron chi connectivity index (χ0n) is 6.87. The van der Waals surface area contributed by atoms with Crippen molar-refractivity contribution in [3.8, 4) is 0 Å². The van der Waals surface area contributed by atoms with E-state index in [9.17, 15) is 0 Å². The van der Waals surface area contributed by atoms with E-state index in [1.165, 1.54) is 0 Å². The summed E-state index contributed by atoms with van der Waals surface area (Å²) in [6.07, 6.45) is 3.72. The third-order valence-electron chi connectivity index (χ3n) is 1.32. The minimum absolute atomic E-state index is 0.566. The molecule has 0 spiro atoms. The summed E-state index contributed by atoms with van der Waals surface area (Å²) in [6, 6.07) is 0. The normalized spacial score (nSPS) is 10.4. The Labute approximate surface area is 66.2 Å². The van der Waals surface area contributed by atoms with Gasteiger partial charge in [0.05, 0.1) is 12.0 Å². The van der Waals surface area contributed by atoms with Crippen molar-refractivity contribution in [1.82, 2.24) is 14.9 Å². The summed E-state index contributed by atoms with van der Waals surface area (Å²) >= 11 is 0. The summed E-state index contributed by atoms with van der Waals surface area (Å²) in [4.78, 5) is 4.14. The molecule has 0 amide bonds. The number of nitrogens with zero attached hydrogens (tertiary/aromatic N) is 2. The second-order valence-electron chi connectivity index (χ2n) is 2.33. The Balaban J connectivity index is 2.51. The lowest BCUT2D eigenvalue weighted by Crippen LogP contribution is -2.05. The van der Waals surface area contributed by atoms with Gasteiger partial charge in [-0.25, -0.2) is 4.98 Å². The second kappa shape index (κ2) is 4.10. The lowest BCUT2D eigenvalue weighted by molar-refractivity contribution is 0.131. The van der Waals surface area contributed by atoms with Crippen LogP contribution in [-0.4, -0.2) is 23.7 Å². The standard InChI is InChI=1S/C7H13N3O/c1-8-3-7-4-10(5-9-7)6-11-2/h4-5,8H,3,6H2,1-2H3. The highest BCUT2D eigenvalue weighted by Crippen LogP contribution is 1.94. The average Bonchev–Trinajstić information content (AvgIpc) is 2.38. The summed E-state index contributed by atoms with van der Waals surface area (Å²) in [5.74, 6) is 0. The predicted octanol–water partition coefficient (Wildman–Crippen LogP) is 0.206. The van der Waals surface area contributed by atoms with Crippen LogP contribution in [0.25, 0.3) is 0 Å². The second-order valence-corrected chi connectivity index (χ2v) is 2.33. The Morgan fingerprint density at radius 1 is 1.73 bits per heavy atom. The number of rotatable bonds is 4. The molecule has 0 aliphatic carbocycles. The van der Waals surface area contributed by atoms with Crippen LogP contribution < -0.4 is 5.32 Å². The van der Waals surface area contributed by atoms with Gasteiger partial charge in [-0.3, -0.25) is 0 Å². The largest absolute Gasteiger partial charge is 0.364 e. The van der Waals surface area contributed by atoms with E-state index in [4.69, 9.17) is 4.74 Å². The van der Waals surface area contributed by atoms with Crippen LogP contribution in [0, 0.1) is 0 Å². The highest BCUT2D eigenvalue weighted by atomic mass is 16.5. The van der Waals surface area contributed by atoms with Crippen LogP contribution in [0.3, 0.4) is 0 Å². The fraction of sp³-hybridized carbons (Fsp3) is 0.571. The van der Waals surface area contributed by atoms with E-state index in [1.54, 1.807) is 13.4 Å². The molecule has 0 saturated carbocycles. The quantitative estimate of drug-likeness (QED) is 0.675. The van der Waals surface area contributed by atoms with Crippen LogP contribution >= 0.6 is 0 Å². The van der Waals surface area contributed by atoms with E-state index in [0.717, 1.165) is 12.2 Å². The minimum atomic E-state index is 0.566. The van der Waals surface area contributed by atoms with E-state index in [0.29, 0.717) is 6.73 Å². The Kier molecular flexibility index (Phi) is 3.07. The van der Waals surface area contributed by atoms with Crippen molar-refractivity contribution in [2.45, 2.75) is 13.3 Å². The topological polar surface area (TPSA) is 39.1 Å². The van der Waals surface area contributed by atoms with Crippen LogP contribution in [0.1, 0.15) is 5.69 Å². The predicted molar refractivity (Wildman–Crippen MR) is 42.0 cm³/mol. The van der Waals surface area contributed by atoms with Crippen LogP contribution in [0.4, 0.5) is 0 Å². The van der Waals surface area contributed by atoms with Gasteiger partial charge in [-0.05, 0) is 7.05 Å². The van der Waals surface area contributed by atoms with Gasteiger partial charge in [0.1, 0.15) is 6.73 Å². The van der Waals surface area contributed by atoms with E-state index >= 15 is 0 Å². The van der Waals surface area contributed by atoms with Gasteiger partial charge >= 0.3 is 0 Å². The third-order valence-corrected chi connectivity index (χ3v) is 1.32. The van der Waals surface area contributed by atoms with Crippen LogP contribution in [0.5, 0.6) is 0 Å². The molecular formula is C7H13N3O. The van der Waals surface area contributed by atoms with Gasteiger partial charge in [-0.1, -0.05) is 0 Å². The maximum Gasteiger partial charge on any atom is 0.123 e. The molecule has 4 nitrogen and oxygen atoms in total. The molecule has 4 heteroatoms. The third kappa shape index (κ3) is 2.32. The molecule has 0 aliphatic rings. The molecule has 1 aromatic rings. The molecule has 0 atom stereocenters. The molecule has 0 aliphatic heterocycles. The number of aromatic nitrogens is 2. The first-order valence-corrected chi connectivity index (χ1v) is 3.51. The Hall–Kier alpha value is -0.870. The zero-order chi connectivity index (χ0) is 8.10. The van der Waals surface area contributed by atoms with Crippen molar-refractivity contribution in [3.63, 3.8) is 0 Å².